The van der Waals surface area contributed by atoms with Crippen LogP contribution in [0.3, 0.4) is 0 Å². The molecule has 1 aliphatic heterocycles. The van der Waals surface area contributed by atoms with Gasteiger partial charge in [0.05, 0.1) is 0 Å². The summed E-state index contributed by atoms with van der Waals surface area (Å²) in [5, 5.41) is 3.52. The molecule has 2 fully saturated rings. The highest BCUT2D eigenvalue weighted by Gasteiger charge is 2.28. The van der Waals surface area contributed by atoms with Gasteiger partial charge in [0.2, 0.25) is 0 Å². The number of rotatable bonds is 4. The first-order chi connectivity index (χ1) is 9.88. The van der Waals surface area contributed by atoms with Crippen molar-refractivity contribution in [1.29, 1.82) is 0 Å². The highest BCUT2D eigenvalue weighted by Crippen LogP contribution is 2.40. The number of benzene rings is 1. The summed E-state index contributed by atoms with van der Waals surface area (Å²) in [6.45, 7) is 2.82. The van der Waals surface area contributed by atoms with Gasteiger partial charge in [-0.15, -0.1) is 0 Å². The summed E-state index contributed by atoms with van der Waals surface area (Å²) in [7, 11) is 0. The highest BCUT2D eigenvalue weighted by atomic mass is 16.5. The van der Waals surface area contributed by atoms with Crippen LogP contribution in [0.5, 0.6) is 0 Å². The van der Waals surface area contributed by atoms with E-state index >= 15 is 0 Å². The molecule has 1 saturated carbocycles. The molecule has 1 aromatic heterocycles. The van der Waals surface area contributed by atoms with Crippen LogP contribution in [0.25, 0.3) is 11.1 Å². The second kappa shape index (κ2) is 5.09. The first kappa shape index (κ1) is 12.2. The van der Waals surface area contributed by atoms with Crippen molar-refractivity contribution in [3.05, 3.63) is 24.1 Å². The molecule has 4 rings (SSSR count). The second-order valence-electron chi connectivity index (χ2n) is 5.95. The smallest absolute Gasteiger partial charge is 0.198 e. The fraction of sp³-hybridized carbons (Fsp3) is 0.562. The Morgan fingerprint density at radius 1 is 1.15 bits per heavy atom. The van der Waals surface area contributed by atoms with E-state index in [0.717, 1.165) is 61.2 Å². The van der Waals surface area contributed by atoms with Crippen molar-refractivity contribution in [2.75, 3.05) is 25.1 Å². The molecular formula is C16H20N2O2. The summed E-state index contributed by atoms with van der Waals surface area (Å²) in [5.41, 5.74) is 3.02. The Hall–Kier alpha value is -1.55. The number of nitrogens with zero attached hydrogens (tertiary/aromatic N) is 1. The topological polar surface area (TPSA) is 47.3 Å². The molecule has 2 aromatic rings. The van der Waals surface area contributed by atoms with E-state index < -0.39 is 0 Å². The molecule has 2 heterocycles. The third kappa shape index (κ3) is 2.52. The van der Waals surface area contributed by atoms with Crippen molar-refractivity contribution < 1.29 is 9.15 Å². The van der Waals surface area contributed by atoms with Crippen LogP contribution < -0.4 is 5.32 Å². The van der Waals surface area contributed by atoms with Gasteiger partial charge in [-0.1, -0.05) is 0 Å². The molecular weight excluding hydrogens is 252 g/mol. The summed E-state index contributed by atoms with van der Waals surface area (Å²) in [4.78, 5) is 4.60. The standard InChI is InChI=1S/C16H20N2O2/c1-2-12(1)16-18-14-9-13(3-4-15(14)20-16)17-10-11-5-7-19-8-6-11/h3-4,9,11-12,17H,1-2,5-8,10H2. The zero-order chi connectivity index (χ0) is 13.4. The minimum absolute atomic E-state index is 0.570. The summed E-state index contributed by atoms with van der Waals surface area (Å²) < 4.78 is 11.2. The average molecular weight is 272 g/mol. The highest BCUT2D eigenvalue weighted by molar-refractivity contribution is 5.77. The van der Waals surface area contributed by atoms with Crippen molar-refractivity contribution in [1.82, 2.24) is 4.98 Å². The minimum Gasteiger partial charge on any atom is -0.440 e. The maximum atomic E-state index is 5.79. The van der Waals surface area contributed by atoms with Gasteiger partial charge in [-0.05, 0) is 49.8 Å². The van der Waals surface area contributed by atoms with Crippen LogP contribution in [-0.4, -0.2) is 24.7 Å². The van der Waals surface area contributed by atoms with Gasteiger partial charge in [0.15, 0.2) is 11.5 Å². The van der Waals surface area contributed by atoms with Gasteiger partial charge in [-0.3, -0.25) is 0 Å². The molecule has 0 atom stereocenters. The molecule has 1 saturated heterocycles. The largest absolute Gasteiger partial charge is 0.440 e. The van der Waals surface area contributed by atoms with Crippen LogP contribution in [-0.2, 0) is 4.74 Å². The zero-order valence-corrected chi connectivity index (χ0v) is 11.6. The maximum Gasteiger partial charge on any atom is 0.198 e. The predicted molar refractivity (Wildman–Crippen MR) is 78.0 cm³/mol. The molecule has 4 nitrogen and oxygen atoms in total. The number of hydrogen-bond acceptors (Lipinski definition) is 4. The first-order valence-corrected chi connectivity index (χ1v) is 7.60. The third-order valence-corrected chi connectivity index (χ3v) is 4.27. The van der Waals surface area contributed by atoms with E-state index in [0.29, 0.717) is 5.92 Å². The molecule has 0 bridgehead atoms. The van der Waals surface area contributed by atoms with Crippen molar-refractivity contribution >= 4 is 16.8 Å². The van der Waals surface area contributed by atoms with E-state index in [1.54, 1.807) is 0 Å². The van der Waals surface area contributed by atoms with Crippen LogP contribution in [0.4, 0.5) is 5.69 Å². The van der Waals surface area contributed by atoms with Gasteiger partial charge in [0.25, 0.3) is 0 Å². The van der Waals surface area contributed by atoms with Crippen LogP contribution in [0.2, 0.25) is 0 Å². The Morgan fingerprint density at radius 3 is 2.80 bits per heavy atom. The van der Waals surface area contributed by atoms with Crippen LogP contribution >= 0.6 is 0 Å². The lowest BCUT2D eigenvalue weighted by molar-refractivity contribution is 0.0699. The normalized spacial score (nSPS) is 20.4. The lowest BCUT2D eigenvalue weighted by atomic mass is 10.0. The Balaban J connectivity index is 1.45. The molecule has 0 unspecified atom stereocenters. The van der Waals surface area contributed by atoms with Gasteiger partial charge < -0.3 is 14.5 Å². The van der Waals surface area contributed by atoms with Crippen molar-refractivity contribution in [2.45, 2.75) is 31.6 Å². The van der Waals surface area contributed by atoms with Crippen LogP contribution in [0.1, 0.15) is 37.5 Å². The fourth-order valence-electron chi connectivity index (χ4n) is 2.77. The van der Waals surface area contributed by atoms with E-state index in [9.17, 15) is 0 Å². The van der Waals surface area contributed by atoms with E-state index in [1.165, 1.54) is 12.8 Å². The van der Waals surface area contributed by atoms with E-state index in [1.807, 2.05) is 6.07 Å². The second-order valence-corrected chi connectivity index (χ2v) is 5.95. The summed E-state index contributed by atoms with van der Waals surface area (Å²) in [6.07, 6.45) is 4.76. The lowest BCUT2D eigenvalue weighted by Gasteiger charge is -2.22. The van der Waals surface area contributed by atoms with Crippen LogP contribution in [0, 0.1) is 5.92 Å². The molecule has 106 valence electrons. The van der Waals surface area contributed by atoms with E-state index in [4.69, 9.17) is 9.15 Å². The molecule has 2 aliphatic rings. The van der Waals surface area contributed by atoms with Gasteiger partial charge in [-0.2, -0.15) is 0 Å². The van der Waals surface area contributed by atoms with Gasteiger partial charge >= 0.3 is 0 Å². The molecule has 1 aromatic carbocycles. The van der Waals surface area contributed by atoms with Gasteiger partial charge in [0.1, 0.15) is 5.52 Å². The summed E-state index contributed by atoms with van der Waals surface area (Å²) in [6, 6.07) is 6.22. The van der Waals surface area contributed by atoms with Gasteiger partial charge in [0, 0.05) is 31.4 Å². The summed E-state index contributed by atoms with van der Waals surface area (Å²) in [5.74, 6) is 2.21. The molecule has 20 heavy (non-hydrogen) atoms. The number of nitrogens with one attached hydrogen (secondary N) is 1. The van der Waals surface area contributed by atoms with Crippen molar-refractivity contribution in [2.24, 2.45) is 5.92 Å². The molecule has 0 amide bonds. The number of oxazole rings is 1. The fourth-order valence-corrected chi connectivity index (χ4v) is 2.77. The monoisotopic (exact) mass is 272 g/mol. The van der Waals surface area contributed by atoms with Crippen LogP contribution in [0.15, 0.2) is 22.6 Å². The quantitative estimate of drug-likeness (QED) is 0.924. The first-order valence-electron chi connectivity index (χ1n) is 7.60. The minimum atomic E-state index is 0.570. The Morgan fingerprint density at radius 2 is 2.00 bits per heavy atom. The Labute approximate surface area is 118 Å². The SMILES string of the molecule is c1cc2oc(C3CC3)nc2cc1NCC1CCOCC1. The number of anilines is 1. The number of fused-ring (bicyclic) bond motifs is 1. The van der Waals surface area contributed by atoms with E-state index in [-0.39, 0.29) is 0 Å². The molecule has 0 spiro atoms. The van der Waals surface area contributed by atoms with Crippen molar-refractivity contribution in [3.63, 3.8) is 0 Å². The number of aromatic nitrogens is 1. The predicted octanol–water partition coefficient (Wildman–Crippen LogP) is 3.54. The third-order valence-electron chi connectivity index (χ3n) is 4.27. The molecule has 0 radical (unpaired) electrons. The summed E-state index contributed by atoms with van der Waals surface area (Å²) >= 11 is 0. The molecule has 4 heteroatoms. The average Bonchev–Trinajstić information content (AvgIpc) is 3.26. The lowest BCUT2D eigenvalue weighted by Crippen LogP contribution is -2.22. The Kier molecular flexibility index (Phi) is 3.11. The number of ether oxygens (including phenoxy) is 1. The molecule has 1 N–H and O–H groups in total. The number of hydrogen-bond donors (Lipinski definition) is 1. The molecule has 1 aliphatic carbocycles. The Bertz CT molecular complexity index is 598. The maximum absolute atomic E-state index is 5.79. The van der Waals surface area contributed by atoms with Crippen molar-refractivity contribution in [3.8, 4) is 0 Å². The van der Waals surface area contributed by atoms with E-state index in [2.05, 4.69) is 22.4 Å². The van der Waals surface area contributed by atoms with Gasteiger partial charge in [-0.25, -0.2) is 4.98 Å². The zero-order valence-electron chi connectivity index (χ0n) is 11.6.